The predicted molar refractivity (Wildman–Crippen MR) is 75.1 cm³/mol. The van der Waals surface area contributed by atoms with E-state index in [9.17, 15) is 9.59 Å². The molecular weight excluding hydrogens is 382 g/mol. The molecule has 102 valence electrons. The molecule has 0 spiro atoms. The van der Waals surface area contributed by atoms with Crippen LogP contribution in [-0.4, -0.2) is 47.7 Å². The standard InChI is InChI=1S/C12H11Br2NO4/c13-7-1-2-8(9(14)5-7)11(16)15-3-4-19-10(6-15)12(17)18/h1-2,5,10H,3-4,6H2,(H,17,18). The molecule has 5 nitrogen and oxygen atoms in total. The van der Waals surface area contributed by atoms with Crippen molar-refractivity contribution in [3.05, 3.63) is 32.7 Å². The van der Waals surface area contributed by atoms with Crippen LogP contribution in [0.4, 0.5) is 0 Å². The molecule has 0 aromatic heterocycles. The van der Waals surface area contributed by atoms with E-state index in [4.69, 9.17) is 9.84 Å². The van der Waals surface area contributed by atoms with Crippen molar-refractivity contribution in [1.82, 2.24) is 4.90 Å². The molecule has 1 saturated heterocycles. The van der Waals surface area contributed by atoms with Crippen molar-refractivity contribution in [2.24, 2.45) is 0 Å². The van der Waals surface area contributed by atoms with E-state index in [1.165, 1.54) is 4.90 Å². The van der Waals surface area contributed by atoms with Crippen LogP contribution in [0, 0.1) is 0 Å². The number of carbonyl (C=O) groups is 2. The highest BCUT2D eigenvalue weighted by Gasteiger charge is 2.30. The van der Waals surface area contributed by atoms with E-state index in [0.29, 0.717) is 16.6 Å². The highest BCUT2D eigenvalue weighted by molar-refractivity contribution is 9.11. The Hall–Kier alpha value is -0.920. The Morgan fingerprint density at radius 1 is 1.37 bits per heavy atom. The lowest BCUT2D eigenvalue weighted by Gasteiger charge is -2.31. The molecule has 0 radical (unpaired) electrons. The molecule has 1 aromatic rings. The Kier molecular flexibility index (Phi) is 4.59. The molecule has 1 heterocycles. The topological polar surface area (TPSA) is 66.8 Å². The SMILES string of the molecule is O=C(O)C1CN(C(=O)c2ccc(Br)cc2Br)CCO1. The number of carboxylic acid groups (broad SMARTS) is 1. The fourth-order valence-electron chi connectivity index (χ4n) is 1.82. The Labute approximate surface area is 126 Å². The van der Waals surface area contributed by atoms with Crippen LogP contribution in [0.2, 0.25) is 0 Å². The Bertz CT molecular complexity index is 520. The fourth-order valence-corrected chi connectivity index (χ4v) is 3.03. The molecule has 1 N–H and O–H groups in total. The largest absolute Gasteiger partial charge is 0.479 e. The number of amides is 1. The van der Waals surface area contributed by atoms with Gasteiger partial charge in [-0.25, -0.2) is 4.79 Å². The third kappa shape index (κ3) is 3.34. The van der Waals surface area contributed by atoms with E-state index in [0.717, 1.165) is 4.47 Å². The Morgan fingerprint density at radius 3 is 2.74 bits per heavy atom. The Morgan fingerprint density at radius 2 is 2.11 bits per heavy atom. The van der Waals surface area contributed by atoms with Crippen molar-refractivity contribution in [2.75, 3.05) is 19.7 Å². The van der Waals surface area contributed by atoms with E-state index < -0.39 is 12.1 Å². The lowest BCUT2D eigenvalue weighted by molar-refractivity contribution is -0.154. The fraction of sp³-hybridized carbons (Fsp3) is 0.333. The number of ether oxygens (including phenoxy) is 1. The molecule has 1 atom stereocenters. The van der Waals surface area contributed by atoms with Gasteiger partial charge in [-0.3, -0.25) is 4.79 Å². The van der Waals surface area contributed by atoms with Crippen molar-refractivity contribution >= 4 is 43.7 Å². The molecule has 1 fully saturated rings. The first-order valence-electron chi connectivity index (χ1n) is 5.58. The van der Waals surface area contributed by atoms with Gasteiger partial charge in [-0.15, -0.1) is 0 Å². The molecular formula is C12H11Br2NO4. The lowest BCUT2D eigenvalue weighted by atomic mass is 10.1. The molecule has 7 heteroatoms. The van der Waals surface area contributed by atoms with Gasteiger partial charge in [0.2, 0.25) is 0 Å². The van der Waals surface area contributed by atoms with E-state index in [1.807, 2.05) is 0 Å². The van der Waals surface area contributed by atoms with Gasteiger partial charge in [0.1, 0.15) is 0 Å². The average Bonchev–Trinajstić information content (AvgIpc) is 2.38. The molecule has 0 bridgehead atoms. The minimum atomic E-state index is -1.05. The zero-order chi connectivity index (χ0) is 14.0. The van der Waals surface area contributed by atoms with E-state index in [1.54, 1.807) is 18.2 Å². The molecule has 1 aliphatic heterocycles. The molecule has 1 amide bonds. The van der Waals surface area contributed by atoms with Crippen molar-refractivity contribution in [1.29, 1.82) is 0 Å². The first kappa shape index (κ1) is 14.5. The number of morpholine rings is 1. The van der Waals surface area contributed by atoms with Gasteiger partial charge in [0.15, 0.2) is 6.10 Å². The number of hydrogen-bond donors (Lipinski definition) is 1. The molecule has 1 unspecified atom stereocenters. The van der Waals surface area contributed by atoms with Crippen LogP contribution in [-0.2, 0) is 9.53 Å². The minimum Gasteiger partial charge on any atom is -0.479 e. The first-order valence-corrected chi connectivity index (χ1v) is 7.16. The van der Waals surface area contributed by atoms with Gasteiger partial charge in [-0.05, 0) is 34.1 Å². The summed E-state index contributed by atoms with van der Waals surface area (Å²) in [4.78, 5) is 24.7. The van der Waals surface area contributed by atoms with Gasteiger partial charge in [-0.1, -0.05) is 15.9 Å². The number of hydrogen-bond acceptors (Lipinski definition) is 3. The summed E-state index contributed by atoms with van der Waals surface area (Å²) in [6, 6.07) is 5.25. The predicted octanol–water partition coefficient (Wildman–Crippen LogP) is 2.14. The zero-order valence-corrected chi connectivity index (χ0v) is 13.0. The lowest BCUT2D eigenvalue weighted by Crippen LogP contribution is -2.48. The van der Waals surface area contributed by atoms with Gasteiger partial charge in [0.05, 0.1) is 18.7 Å². The van der Waals surface area contributed by atoms with Crippen LogP contribution in [0.15, 0.2) is 27.1 Å². The summed E-state index contributed by atoms with van der Waals surface area (Å²) in [6.45, 7) is 0.693. The monoisotopic (exact) mass is 391 g/mol. The number of nitrogens with zero attached hydrogens (tertiary/aromatic N) is 1. The molecule has 2 rings (SSSR count). The average molecular weight is 393 g/mol. The third-order valence-electron chi connectivity index (χ3n) is 2.79. The minimum absolute atomic E-state index is 0.0661. The van der Waals surface area contributed by atoms with Crippen molar-refractivity contribution in [3.8, 4) is 0 Å². The van der Waals surface area contributed by atoms with Crippen LogP contribution >= 0.6 is 31.9 Å². The highest BCUT2D eigenvalue weighted by atomic mass is 79.9. The zero-order valence-electron chi connectivity index (χ0n) is 9.81. The summed E-state index contributed by atoms with van der Waals surface area (Å²) in [6.07, 6.45) is -0.952. The number of rotatable bonds is 2. The van der Waals surface area contributed by atoms with Crippen molar-refractivity contribution in [3.63, 3.8) is 0 Å². The smallest absolute Gasteiger partial charge is 0.334 e. The highest BCUT2D eigenvalue weighted by Crippen LogP contribution is 2.23. The Balaban J connectivity index is 2.17. The quantitative estimate of drug-likeness (QED) is 0.837. The van der Waals surface area contributed by atoms with Gasteiger partial charge in [-0.2, -0.15) is 0 Å². The van der Waals surface area contributed by atoms with E-state index in [-0.39, 0.29) is 19.1 Å². The van der Waals surface area contributed by atoms with Crippen LogP contribution in [0.3, 0.4) is 0 Å². The molecule has 1 aliphatic rings. The summed E-state index contributed by atoms with van der Waals surface area (Å²) >= 11 is 6.65. The van der Waals surface area contributed by atoms with Gasteiger partial charge in [0, 0.05) is 15.5 Å². The van der Waals surface area contributed by atoms with Crippen LogP contribution < -0.4 is 0 Å². The second kappa shape index (κ2) is 6.02. The maximum absolute atomic E-state index is 12.3. The molecule has 1 aromatic carbocycles. The maximum Gasteiger partial charge on any atom is 0.334 e. The van der Waals surface area contributed by atoms with Crippen LogP contribution in [0.1, 0.15) is 10.4 Å². The summed E-state index contributed by atoms with van der Waals surface area (Å²) in [7, 11) is 0. The van der Waals surface area contributed by atoms with Crippen LogP contribution in [0.25, 0.3) is 0 Å². The normalized spacial score (nSPS) is 19.3. The summed E-state index contributed by atoms with van der Waals surface area (Å²) < 4.78 is 6.63. The second-order valence-electron chi connectivity index (χ2n) is 4.07. The van der Waals surface area contributed by atoms with Crippen molar-refractivity contribution < 1.29 is 19.4 Å². The van der Waals surface area contributed by atoms with E-state index in [2.05, 4.69) is 31.9 Å². The van der Waals surface area contributed by atoms with Gasteiger partial charge in [0.25, 0.3) is 5.91 Å². The maximum atomic E-state index is 12.3. The number of benzene rings is 1. The third-order valence-corrected chi connectivity index (χ3v) is 3.94. The van der Waals surface area contributed by atoms with E-state index >= 15 is 0 Å². The van der Waals surface area contributed by atoms with Gasteiger partial charge >= 0.3 is 5.97 Å². The van der Waals surface area contributed by atoms with Crippen molar-refractivity contribution in [2.45, 2.75) is 6.10 Å². The number of carboxylic acids is 1. The number of aliphatic carboxylic acids is 1. The molecule has 0 aliphatic carbocycles. The molecule has 19 heavy (non-hydrogen) atoms. The number of halogens is 2. The summed E-state index contributed by atoms with van der Waals surface area (Å²) in [5, 5.41) is 8.92. The first-order chi connectivity index (χ1) is 8.99. The summed E-state index contributed by atoms with van der Waals surface area (Å²) in [5.74, 6) is -1.25. The van der Waals surface area contributed by atoms with Crippen LogP contribution in [0.5, 0.6) is 0 Å². The summed E-state index contributed by atoms with van der Waals surface area (Å²) in [5.41, 5.74) is 0.509. The number of carbonyl (C=O) groups excluding carboxylic acids is 1. The van der Waals surface area contributed by atoms with Gasteiger partial charge < -0.3 is 14.7 Å². The second-order valence-corrected chi connectivity index (χ2v) is 5.84. The molecule has 0 saturated carbocycles.